The van der Waals surface area contributed by atoms with E-state index >= 15 is 0 Å². The summed E-state index contributed by atoms with van der Waals surface area (Å²) in [7, 11) is 1.29. The number of amides is 1. The molecule has 0 aliphatic carbocycles. The van der Waals surface area contributed by atoms with Crippen LogP contribution in [0.2, 0.25) is 0 Å². The van der Waals surface area contributed by atoms with Gasteiger partial charge in [0.25, 0.3) is 11.5 Å². The van der Waals surface area contributed by atoms with Gasteiger partial charge in [0.15, 0.2) is 4.77 Å². The zero-order valence-electron chi connectivity index (χ0n) is 16.3. The van der Waals surface area contributed by atoms with Gasteiger partial charge >= 0.3 is 5.97 Å². The van der Waals surface area contributed by atoms with E-state index in [9.17, 15) is 14.4 Å². The second-order valence-corrected chi connectivity index (χ2v) is 7.36. The Morgan fingerprint density at radius 3 is 2.62 bits per heavy atom. The van der Waals surface area contributed by atoms with Crippen LogP contribution in [0.1, 0.15) is 34.6 Å². The number of methoxy groups -OCH3 is 1. The lowest BCUT2D eigenvalue weighted by Gasteiger charge is -2.11. The van der Waals surface area contributed by atoms with Gasteiger partial charge in [-0.25, -0.2) is 4.79 Å². The molecule has 3 aromatic rings. The highest BCUT2D eigenvalue weighted by molar-refractivity contribution is 7.71. The number of aromatic amines is 1. The van der Waals surface area contributed by atoms with Crippen molar-refractivity contribution in [2.75, 3.05) is 13.7 Å². The van der Waals surface area contributed by atoms with Crippen molar-refractivity contribution in [2.24, 2.45) is 5.92 Å². The van der Waals surface area contributed by atoms with Crippen molar-refractivity contribution in [1.82, 2.24) is 14.9 Å². The number of esters is 1. The van der Waals surface area contributed by atoms with Gasteiger partial charge in [0.2, 0.25) is 0 Å². The molecule has 0 spiro atoms. The molecule has 0 aliphatic rings. The Balaban J connectivity index is 2.07. The van der Waals surface area contributed by atoms with E-state index in [0.717, 1.165) is 0 Å². The number of aromatic nitrogens is 2. The number of carbonyl (C=O) groups excluding carboxylic acids is 2. The van der Waals surface area contributed by atoms with Crippen LogP contribution in [0.3, 0.4) is 0 Å². The number of nitrogens with zero attached hydrogens (tertiary/aromatic N) is 1. The molecule has 1 heterocycles. The van der Waals surface area contributed by atoms with Gasteiger partial charge in [0.1, 0.15) is 0 Å². The molecule has 8 heteroatoms. The highest BCUT2D eigenvalue weighted by Gasteiger charge is 2.13. The third-order valence-electron chi connectivity index (χ3n) is 4.36. The maximum atomic E-state index is 13.1. The van der Waals surface area contributed by atoms with Crippen molar-refractivity contribution in [3.63, 3.8) is 0 Å². The van der Waals surface area contributed by atoms with Gasteiger partial charge in [0, 0.05) is 12.1 Å². The average Bonchev–Trinajstić information content (AvgIpc) is 2.71. The van der Waals surface area contributed by atoms with Gasteiger partial charge in [0.05, 0.1) is 29.3 Å². The SMILES string of the molecule is COC(=O)c1ccc2c(=O)n(-c3cccc(C(=O)NCC(C)C)c3)c(=S)[nH]c2c1. The second kappa shape index (κ2) is 8.40. The molecule has 0 fully saturated rings. The number of nitrogens with one attached hydrogen (secondary N) is 2. The maximum absolute atomic E-state index is 13.1. The first-order valence-corrected chi connectivity index (χ1v) is 9.48. The van der Waals surface area contributed by atoms with Gasteiger partial charge in [-0.1, -0.05) is 19.9 Å². The van der Waals surface area contributed by atoms with Gasteiger partial charge in [-0.2, -0.15) is 0 Å². The van der Waals surface area contributed by atoms with E-state index in [-0.39, 0.29) is 16.2 Å². The van der Waals surface area contributed by atoms with Gasteiger partial charge in [-0.05, 0) is 54.5 Å². The van der Waals surface area contributed by atoms with E-state index in [1.54, 1.807) is 30.3 Å². The molecule has 0 radical (unpaired) electrons. The van der Waals surface area contributed by atoms with Crippen molar-refractivity contribution in [3.05, 3.63) is 68.7 Å². The quantitative estimate of drug-likeness (QED) is 0.497. The lowest BCUT2D eigenvalue weighted by molar-refractivity contribution is 0.0600. The zero-order chi connectivity index (χ0) is 21.1. The van der Waals surface area contributed by atoms with Crippen LogP contribution >= 0.6 is 12.2 Å². The molecular formula is C21H21N3O4S. The Hall–Kier alpha value is -3.26. The lowest BCUT2D eigenvalue weighted by Crippen LogP contribution is -2.27. The van der Waals surface area contributed by atoms with Crippen molar-refractivity contribution in [1.29, 1.82) is 0 Å². The van der Waals surface area contributed by atoms with E-state index < -0.39 is 5.97 Å². The molecule has 0 atom stereocenters. The van der Waals surface area contributed by atoms with Crippen LogP contribution in [-0.4, -0.2) is 35.1 Å². The Morgan fingerprint density at radius 2 is 1.93 bits per heavy atom. The average molecular weight is 411 g/mol. The summed E-state index contributed by atoms with van der Waals surface area (Å²) in [4.78, 5) is 40.1. The highest BCUT2D eigenvalue weighted by Crippen LogP contribution is 2.15. The van der Waals surface area contributed by atoms with Crippen LogP contribution in [0.25, 0.3) is 16.6 Å². The van der Waals surface area contributed by atoms with Crippen LogP contribution in [0.15, 0.2) is 47.3 Å². The Kier molecular flexibility index (Phi) is 5.93. The number of carbonyl (C=O) groups is 2. The molecule has 1 amide bonds. The first-order chi connectivity index (χ1) is 13.8. The van der Waals surface area contributed by atoms with E-state index in [1.165, 1.54) is 23.8 Å². The molecule has 0 bridgehead atoms. The number of benzene rings is 2. The topological polar surface area (TPSA) is 93.2 Å². The van der Waals surface area contributed by atoms with E-state index in [4.69, 9.17) is 17.0 Å². The summed E-state index contributed by atoms with van der Waals surface area (Å²) in [5, 5.41) is 3.22. The summed E-state index contributed by atoms with van der Waals surface area (Å²) >= 11 is 5.37. The predicted molar refractivity (Wildman–Crippen MR) is 113 cm³/mol. The number of fused-ring (bicyclic) bond motifs is 1. The summed E-state index contributed by atoms with van der Waals surface area (Å²) < 4.78 is 6.19. The number of ether oxygens (including phenoxy) is 1. The molecular weight excluding hydrogens is 390 g/mol. The van der Waals surface area contributed by atoms with Crippen LogP contribution in [-0.2, 0) is 4.74 Å². The Bertz CT molecular complexity index is 1210. The molecule has 150 valence electrons. The first kappa shape index (κ1) is 20.5. The molecule has 29 heavy (non-hydrogen) atoms. The van der Waals surface area contributed by atoms with Crippen molar-refractivity contribution in [3.8, 4) is 5.69 Å². The third-order valence-corrected chi connectivity index (χ3v) is 4.64. The zero-order valence-corrected chi connectivity index (χ0v) is 17.1. The van der Waals surface area contributed by atoms with Crippen LogP contribution in [0.4, 0.5) is 0 Å². The fraction of sp³-hybridized carbons (Fsp3) is 0.238. The fourth-order valence-electron chi connectivity index (χ4n) is 2.88. The van der Waals surface area contributed by atoms with E-state index in [1.807, 2.05) is 13.8 Å². The molecule has 0 saturated heterocycles. The standard InChI is InChI=1S/C21H21N3O4S/c1-12(2)11-22-18(25)13-5-4-6-15(9-13)24-19(26)16-8-7-14(20(27)28-3)10-17(16)23-21(24)29/h4-10,12H,11H2,1-3H3,(H,22,25)(H,23,29). The number of H-pyrrole nitrogens is 1. The summed E-state index contributed by atoms with van der Waals surface area (Å²) in [6.45, 7) is 4.58. The molecule has 2 aromatic carbocycles. The van der Waals surface area contributed by atoms with Gasteiger partial charge in [-0.3, -0.25) is 14.2 Å². The molecule has 1 aromatic heterocycles. The highest BCUT2D eigenvalue weighted by atomic mass is 32.1. The summed E-state index contributed by atoms with van der Waals surface area (Å²) in [5.74, 6) is -0.392. The van der Waals surface area contributed by atoms with Crippen LogP contribution in [0.5, 0.6) is 0 Å². The van der Waals surface area contributed by atoms with Crippen molar-refractivity contribution < 1.29 is 14.3 Å². The summed E-state index contributed by atoms with van der Waals surface area (Å²) in [6.07, 6.45) is 0. The molecule has 3 rings (SSSR count). The fourth-order valence-corrected chi connectivity index (χ4v) is 3.18. The maximum Gasteiger partial charge on any atom is 0.337 e. The summed E-state index contributed by atoms with van der Waals surface area (Å²) in [5.41, 5.74) is 1.31. The minimum absolute atomic E-state index is 0.157. The van der Waals surface area contributed by atoms with Gasteiger partial charge < -0.3 is 15.0 Å². The molecule has 7 nitrogen and oxygen atoms in total. The second-order valence-electron chi connectivity index (χ2n) is 6.98. The number of hydrogen-bond donors (Lipinski definition) is 2. The molecule has 0 unspecified atom stereocenters. The minimum Gasteiger partial charge on any atom is -0.465 e. The largest absolute Gasteiger partial charge is 0.465 e. The van der Waals surface area contributed by atoms with Crippen molar-refractivity contribution in [2.45, 2.75) is 13.8 Å². The van der Waals surface area contributed by atoms with Crippen LogP contribution in [0, 0.1) is 10.7 Å². The lowest BCUT2D eigenvalue weighted by atomic mass is 10.1. The minimum atomic E-state index is -0.504. The van der Waals surface area contributed by atoms with Crippen LogP contribution < -0.4 is 10.9 Å². The van der Waals surface area contributed by atoms with E-state index in [0.29, 0.717) is 40.2 Å². The normalized spacial score (nSPS) is 10.9. The van der Waals surface area contributed by atoms with Crippen molar-refractivity contribution >= 4 is 35.0 Å². The molecule has 0 saturated carbocycles. The monoisotopic (exact) mass is 411 g/mol. The number of hydrogen-bond acceptors (Lipinski definition) is 5. The molecule has 2 N–H and O–H groups in total. The Morgan fingerprint density at radius 1 is 1.17 bits per heavy atom. The first-order valence-electron chi connectivity index (χ1n) is 9.08. The summed E-state index contributed by atoms with van der Waals surface area (Å²) in [6, 6.07) is 11.3. The Labute approximate surface area is 172 Å². The van der Waals surface area contributed by atoms with E-state index in [2.05, 4.69) is 10.3 Å². The predicted octanol–water partition coefficient (Wildman–Crippen LogP) is 3.22. The smallest absolute Gasteiger partial charge is 0.337 e. The number of rotatable bonds is 5. The van der Waals surface area contributed by atoms with Gasteiger partial charge in [-0.15, -0.1) is 0 Å². The molecule has 0 aliphatic heterocycles. The third kappa shape index (κ3) is 4.27.